The van der Waals surface area contributed by atoms with Crippen LogP contribution in [0.2, 0.25) is 0 Å². The molecule has 0 unspecified atom stereocenters. The van der Waals surface area contributed by atoms with Crippen molar-refractivity contribution in [1.29, 1.82) is 0 Å². The SMILES string of the molecule is COc1cc(C(=O)Nc2ccc(F)cc2C)ccc1OCCC(C)C. The summed E-state index contributed by atoms with van der Waals surface area (Å²) in [7, 11) is 1.54. The maximum Gasteiger partial charge on any atom is 0.255 e. The molecule has 0 saturated carbocycles. The molecule has 0 bridgehead atoms. The number of rotatable bonds is 7. The summed E-state index contributed by atoms with van der Waals surface area (Å²) in [5.74, 6) is 1.04. The minimum atomic E-state index is -0.333. The van der Waals surface area contributed by atoms with Crippen molar-refractivity contribution in [2.75, 3.05) is 19.0 Å². The molecule has 2 aromatic carbocycles. The maximum absolute atomic E-state index is 13.2. The van der Waals surface area contributed by atoms with Crippen molar-refractivity contribution in [3.8, 4) is 11.5 Å². The van der Waals surface area contributed by atoms with Gasteiger partial charge in [-0.15, -0.1) is 0 Å². The van der Waals surface area contributed by atoms with Crippen LogP contribution in [0.3, 0.4) is 0 Å². The third kappa shape index (κ3) is 5.21. The first-order valence-corrected chi connectivity index (χ1v) is 8.29. The molecule has 4 nitrogen and oxygen atoms in total. The molecular weight excluding hydrogens is 321 g/mol. The molecule has 0 aromatic heterocycles. The lowest BCUT2D eigenvalue weighted by Gasteiger charge is -2.13. The van der Waals surface area contributed by atoms with Gasteiger partial charge in [-0.2, -0.15) is 0 Å². The van der Waals surface area contributed by atoms with Crippen LogP contribution in [0.25, 0.3) is 0 Å². The Bertz CT molecular complexity index is 744. The molecule has 2 rings (SSSR count). The Hall–Kier alpha value is -2.56. The normalized spacial score (nSPS) is 10.6. The van der Waals surface area contributed by atoms with Gasteiger partial charge in [-0.25, -0.2) is 4.39 Å². The largest absolute Gasteiger partial charge is 0.493 e. The van der Waals surface area contributed by atoms with Gasteiger partial charge in [0, 0.05) is 11.3 Å². The van der Waals surface area contributed by atoms with E-state index in [1.165, 1.54) is 19.2 Å². The van der Waals surface area contributed by atoms with Crippen LogP contribution in [0.4, 0.5) is 10.1 Å². The predicted molar refractivity (Wildman–Crippen MR) is 97.0 cm³/mol. The van der Waals surface area contributed by atoms with E-state index in [2.05, 4.69) is 19.2 Å². The number of aryl methyl sites for hydroxylation is 1. The molecule has 1 N–H and O–H groups in total. The summed E-state index contributed by atoms with van der Waals surface area (Å²) in [6, 6.07) is 9.28. The molecule has 25 heavy (non-hydrogen) atoms. The van der Waals surface area contributed by atoms with Crippen LogP contribution >= 0.6 is 0 Å². The molecule has 0 heterocycles. The molecule has 1 amide bonds. The number of nitrogens with one attached hydrogen (secondary N) is 1. The molecule has 0 aliphatic carbocycles. The first-order chi connectivity index (χ1) is 11.9. The minimum absolute atomic E-state index is 0.290. The van der Waals surface area contributed by atoms with Gasteiger partial charge in [0.2, 0.25) is 0 Å². The fourth-order valence-electron chi connectivity index (χ4n) is 2.29. The number of ether oxygens (including phenoxy) is 2. The second-order valence-electron chi connectivity index (χ2n) is 6.31. The van der Waals surface area contributed by atoms with Gasteiger partial charge in [0.05, 0.1) is 13.7 Å². The van der Waals surface area contributed by atoms with Crippen molar-refractivity contribution < 1.29 is 18.7 Å². The lowest BCUT2D eigenvalue weighted by atomic mass is 10.1. The zero-order valence-corrected chi connectivity index (χ0v) is 15.1. The molecule has 0 saturated heterocycles. The highest BCUT2D eigenvalue weighted by molar-refractivity contribution is 6.05. The van der Waals surface area contributed by atoms with Crippen molar-refractivity contribution in [2.24, 2.45) is 5.92 Å². The van der Waals surface area contributed by atoms with E-state index in [1.807, 2.05) is 0 Å². The van der Waals surface area contributed by atoms with Crippen molar-refractivity contribution >= 4 is 11.6 Å². The second-order valence-corrected chi connectivity index (χ2v) is 6.31. The van der Waals surface area contributed by atoms with Gasteiger partial charge in [-0.05, 0) is 61.2 Å². The smallest absolute Gasteiger partial charge is 0.255 e. The summed E-state index contributed by atoms with van der Waals surface area (Å²) >= 11 is 0. The molecule has 0 aliphatic heterocycles. The zero-order chi connectivity index (χ0) is 18.4. The summed E-state index contributed by atoms with van der Waals surface area (Å²) in [4.78, 5) is 12.4. The third-order valence-corrected chi connectivity index (χ3v) is 3.82. The molecule has 0 radical (unpaired) electrons. The van der Waals surface area contributed by atoms with E-state index in [-0.39, 0.29) is 11.7 Å². The molecular formula is C20H24FNO3. The van der Waals surface area contributed by atoms with Gasteiger partial charge < -0.3 is 14.8 Å². The number of anilines is 1. The molecule has 134 valence electrons. The van der Waals surface area contributed by atoms with E-state index >= 15 is 0 Å². The number of carbonyl (C=O) groups is 1. The van der Waals surface area contributed by atoms with Crippen LogP contribution < -0.4 is 14.8 Å². The van der Waals surface area contributed by atoms with E-state index in [9.17, 15) is 9.18 Å². The van der Waals surface area contributed by atoms with Gasteiger partial charge in [0.25, 0.3) is 5.91 Å². The van der Waals surface area contributed by atoms with E-state index in [4.69, 9.17) is 9.47 Å². The summed E-state index contributed by atoms with van der Waals surface area (Å²) in [5.41, 5.74) is 1.67. The lowest BCUT2D eigenvalue weighted by Crippen LogP contribution is -2.13. The Kier molecular flexibility index (Phi) is 6.39. The third-order valence-electron chi connectivity index (χ3n) is 3.82. The standard InChI is InChI=1S/C20H24FNO3/c1-13(2)9-10-25-18-8-5-15(12-19(18)24-4)20(23)22-17-7-6-16(21)11-14(17)3/h5-8,11-13H,9-10H2,1-4H3,(H,22,23). The van der Waals surface area contributed by atoms with Gasteiger partial charge in [0.15, 0.2) is 11.5 Å². The summed E-state index contributed by atoms with van der Waals surface area (Å²) in [6.45, 7) is 6.59. The van der Waals surface area contributed by atoms with E-state index in [0.717, 1.165) is 6.42 Å². The number of halogens is 1. The highest BCUT2D eigenvalue weighted by Crippen LogP contribution is 2.29. The summed E-state index contributed by atoms with van der Waals surface area (Å²) in [6.07, 6.45) is 0.940. The number of hydrogen-bond acceptors (Lipinski definition) is 3. The second kappa shape index (κ2) is 8.51. The van der Waals surface area contributed by atoms with Crippen molar-refractivity contribution in [1.82, 2.24) is 0 Å². The zero-order valence-electron chi connectivity index (χ0n) is 15.1. The Balaban J connectivity index is 2.11. The molecule has 0 spiro atoms. The maximum atomic E-state index is 13.2. The summed E-state index contributed by atoms with van der Waals surface area (Å²) < 4.78 is 24.2. The molecule has 0 fully saturated rings. The minimum Gasteiger partial charge on any atom is -0.493 e. The van der Waals surface area contributed by atoms with Gasteiger partial charge in [-0.1, -0.05) is 13.8 Å². The summed E-state index contributed by atoms with van der Waals surface area (Å²) in [5, 5.41) is 2.78. The van der Waals surface area contributed by atoms with E-state index < -0.39 is 0 Å². The topological polar surface area (TPSA) is 47.6 Å². The van der Waals surface area contributed by atoms with Crippen LogP contribution in [0.15, 0.2) is 36.4 Å². The highest BCUT2D eigenvalue weighted by Gasteiger charge is 2.13. The average molecular weight is 345 g/mol. The number of carbonyl (C=O) groups excluding carboxylic acids is 1. The first-order valence-electron chi connectivity index (χ1n) is 8.29. The molecule has 0 aliphatic rings. The average Bonchev–Trinajstić information content (AvgIpc) is 2.57. The van der Waals surface area contributed by atoms with E-state index in [1.54, 1.807) is 31.2 Å². The van der Waals surface area contributed by atoms with Crippen LogP contribution in [-0.2, 0) is 0 Å². The van der Waals surface area contributed by atoms with Crippen LogP contribution in [0.5, 0.6) is 11.5 Å². The number of benzene rings is 2. The van der Waals surface area contributed by atoms with Crippen molar-refractivity contribution in [3.63, 3.8) is 0 Å². The fraction of sp³-hybridized carbons (Fsp3) is 0.350. The van der Waals surface area contributed by atoms with Crippen molar-refractivity contribution in [3.05, 3.63) is 53.3 Å². The predicted octanol–water partition coefficient (Wildman–Crippen LogP) is 4.82. The van der Waals surface area contributed by atoms with Gasteiger partial charge >= 0.3 is 0 Å². The lowest BCUT2D eigenvalue weighted by molar-refractivity contribution is 0.102. The monoisotopic (exact) mass is 345 g/mol. The highest BCUT2D eigenvalue weighted by atomic mass is 19.1. The Morgan fingerprint density at radius 2 is 1.92 bits per heavy atom. The van der Waals surface area contributed by atoms with Crippen LogP contribution in [0, 0.1) is 18.7 Å². The number of methoxy groups -OCH3 is 1. The first kappa shape index (κ1) is 18.8. The van der Waals surface area contributed by atoms with Gasteiger partial charge in [-0.3, -0.25) is 4.79 Å². The van der Waals surface area contributed by atoms with Gasteiger partial charge in [0.1, 0.15) is 5.82 Å². The number of amides is 1. The van der Waals surface area contributed by atoms with Crippen LogP contribution in [0.1, 0.15) is 36.2 Å². The Morgan fingerprint density at radius 3 is 2.56 bits per heavy atom. The molecule has 5 heteroatoms. The van der Waals surface area contributed by atoms with Crippen LogP contribution in [-0.4, -0.2) is 19.6 Å². The van der Waals surface area contributed by atoms with E-state index in [0.29, 0.717) is 40.8 Å². The Labute approximate surface area is 148 Å². The molecule has 2 aromatic rings. The molecule has 0 atom stereocenters. The number of hydrogen-bond donors (Lipinski definition) is 1. The fourth-order valence-corrected chi connectivity index (χ4v) is 2.29. The Morgan fingerprint density at radius 1 is 1.16 bits per heavy atom. The quantitative estimate of drug-likeness (QED) is 0.782. The van der Waals surface area contributed by atoms with Crippen molar-refractivity contribution in [2.45, 2.75) is 27.2 Å².